The molecule has 0 N–H and O–H groups in total. The van der Waals surface area contributed by atoms with E-state index < -0.39 is 0 Å². The molecular formula is C17H23NO2. The van der Waals surface area contributed by atoms with Gasteiger partial charge in [0.15, 0.2) is 0 Å². The summed E-state index contributed by atoms with van der Waals surface area (Å²) >= 11 is 0. The van der Waals surface area contributed by atoms with Crippen LogP contribution in [0, 0.1) is 5.92 Å². The average Bonchev–Trinajstić information content (AvgIpc) is 2.45. The van der Waals surface area contributed by atoms with Crippen molar-refractivity contribution in [2.24, 2.45) is 5.92 Å². The van der Waals surface area contributed by atoms with Gasteiger partial charge in [-0.3, -0.25) is 0 Å². The maximum absolute atomic E-state index is 12.3. The Morgan fingerprint density at radius 3 is 2.75 bits per heavy atom. The van der Waals surface area contributed by atoms with E-state index >= 15 is 0 Å². The molecule has 20 heavy (non-hydrogen) atoms. The van der Waals surface area contributed by atoms with Crippen LogP contribution >= 0.6 is 0 Å². The Hall–Kier alpha value is -1.77. The fourth-order valence-corrected chi connectivity index (χ4v) is 2.63. The summed E-state index contributed by atoms with van der Waals surface area (Å²) in [6.45, 7) is 9.31. The second kappa shape index (κ2) is 6.60. The third-order valence-corrected chi connectivity index (χ3v) is 3.87. The number of rotatable bonds is 3. The Morgan fingerprint density at radius 2 is 2.10 bits per heavy atom. The van der Waals surface area contributed by atoms with Crippen LogP contribution in [-0.4, -0.2) is 23.6 Å². The van der Waals surface area contributed by atoms with Gasteiger partial charge in [-0.05, 0) is 31.2 Å². The average molecular weight is 273 g/mol. The van der Waals surface area contributed by atoms with Gasteiger partial charge in [0.1, 0.15) is 6.61 Å². The molecule has 1 saturated heterocycles. The molecule has 0 radical (unpaired) electrons. The summed E-state index contributed by atoms with van der Waals surface area (Å²) in [5.74, 6) is 0.634. The highest BCUT2D eigenvalue weighted by Crippen LogP contribution is 2.27. The first-order valence-electron chi connectivity index (χ1n) is 7.20. The zero-order valence-electron chi connectivity index (χ0n) is 12.3. The van der Waals surface area contributed by atoms with Crippen molar-refractivity contribution in [2.45, 2.75) is 39.3 Å². The van der Waals surface area contributed by atoms with Crippen molar-refractivity contribution in [2.75, 3.05) is 6.54 Å². The molecule has 1 amide bonds. The molecule has 0 saturated carbocycles. The standard InChI is InChI=1S/C17H23NO2/c1-13(2)16-11-14(3)9-10-18(16)17(19)20-12-15-7-5-4-6-8-15/h4-8,14,16H,1,9-12H2,2-3H3/t14?,16-/m0/s1. The van der Waals surface area contributed by atoms with E-state index in [-0.39, 0.29) is 12.1 Å². The first-order chi connectivity index (χ1) is 9.58. The summed E-state index contributed by atoms with van der Waals surface area (Å²) in [6.07, 6.45) is 1.79. The van der Waals surface area contributed by atoms with Crippen molar-refractivity contribution in [1.82, 2.24) is 4.90 Å². The fourth-order valence-electron chi connectivity index (χ4n) is 2.63. The quantitative estimate of drug-likeness (QED) is 0.779. The topological polar surface area (TPSA) is 29.5 Å². The first-order valence-corrected chi connectivity index (χ1v) is 7.20. The zero-order chi connectivity index (χ0) is 14.5. The van der Waals surface area contributed by atoms with Crippen molar-refractivity contribution in [3.05, 3.63) is 48.0 Å². The molecule has 1 heterocycles. The molecule has 1 fully saturated rings. The molecule has 1 aromatic carbocycles. The summed E-state index contributed by atoms with van der Waals surface area (Å²) in [6, 6.07) is 9.88. The molecule has 3 nitrogen and oxygen atoms in total. The number of ether oxygens (including phenoxy) is 1. The van der Waals surface area contributed by atoms with Gasteiger partial charge in [-0.2, -0.15) is 0 Å². The molecule has 0 aliphatic carbocycles. The number of piperidine rings is 1. The third kappa shape index (κ3) is 3.62. The lowest BCUT2D eigenvalue weighted by molar-refractivity contribution is 0.0675. The van der Waals surface area contributed by atoms with E-state index in [1.165, 1.54) is 0 Å². The second-order valence-corrected chi connectivity index (χ2v) is 5.73. The van der Waals surface area contributed by atoms with Crippen LogP contribution < -0.4 is 0 Å². The highest BCUT2D eigenvalue weighted by atomic mass is 16.6. The molecule has 1 unspecified atom stereocenters. The largest absolute Gasteiger partial charge is 0.445 e. The number of hydrogen-bond donors (Lipinski definition) is 0. The number of amides is 1. The number of carbonyl (C=O) groups is 1. The van der Waals surface area contributed by atoms with E-state index in [2.05, 4.69) is 13.5 Å². The Labute approximate surface area is 121 Å². The molecule has 0 spiro atoms. The summed E-state index contributed by atoms with van der Waals surface area (Å²) in [5, 5.41) is 0. The van der Waals surface area contributed by atoms with Gasteiger partial charge in [0.2, 0.25) is 0 Å². The lowest BCUT2D eigenvalue weighted by atomic mass is 9.89. The van der Waals surface area contributed by atoms with Crippen molar-refractivity contribution < 1.29 is 9.53 Å². The normalized spacial score (nSPS) is 22.4. The van der Waals surface area contributed by atoms with Gasteiger partial charge >= 0.3 is 6.09 Å². The molecule has 108 valence electrons. The molecule has 2 rings (SSSR count). The summed E-state index contributed by atoms with van der Waals surface area (Å²) < 4.78 is 5.43. The lowest BCUT2D eigenvalue weighted by Crippen LogP contribution is -2.46. The fraction of sp³-hybridized carbons (Fsp3) is 0.471. The number of hydrogen-bond acceptors (Lipinski definition) is 2. The van der Waals surface area contributed by atoms with Gasteiger partial charge in [0.25, 0.3) is 0 Å². The van der Waals surface area contributed by atoms with Crippen LogP contribution in [0.15, 0.2) is 42.5 Å². The molecule has 2 atom stereocenters. The number of carbonyl (C=O) groups excluding carboxylic acids is 1. The minimum atomic E-state index is -0.228. The Kier molecular flexibility index (Phi) is 4.83. The summed E-state index contributed by atoms with van der Waals surface area (Å²) in [5.41, 5.74) is 2.05. The highest BCUT2D eigenvalue weighted by molar-refractivity contribution is 5.68. The van der Waals surface area contributed by atoms with E-state index in [9.17, 15) is 4.79 Å². The van der Waals surface area contributed by atoms with Crippen LogP contribution in [-0.2, 0) is 11.3 Å². The monoisotopic (exact) mass is 273 g/mol. The van der Waals surface area contributed by atoms with Crippen molar-refractivity contribution in [1.29, 1.82) is 0 Å². The predicted octanol–water partition coefficient (Wildman–Crippen LogP) is 4.00. The van der Waals surface area contributed by atoms with Crippen molar-refractivity contribution in [3.63, 3.8) is 0 Å². The second-order valence-electron chi connectivity index (χ2n) is 5.73. The molecular weight excluding hydrogens is 250 g/mol. The van der Waals surface area contributed by atoms with Gasteiger partial charge in [0, 0.05) is 6.54 Å². The predicted molar refractivity (Wildman–Crippen MR) is 80.3 cm³/mol. The summed E-state index contributed by atoms with van der Waals surface area (Å²) in [4.78, 5) is 14.1. The smallest absolute Gasteiger partial charge is 0.410 e. The minimum absolute atomic E-state index is 0.113. The van der Waals surface area contributed by atoms with Crippen LogP contribution in [0.5, 0.6) is 0 Å². The Morgan fingerprint density at radius 1 is 1.40 bits per heavy atom. The van der Waals surface area contributed by atoms with E-state index in [0.29, 0.717) is 12.5 Å². The van der Waals surface area contributed by atoms with Crippen LogP contribution in [0.25, 0.3) is 0 Å². The van der Waals surface area contributed by atoms with Gasteiger partial charge in [-0.1, -0.05) is 49.4 Å². The maximum atomic E-state index is 12.3. The van der Waals surface area contributed by atoms with E-state index in [0.717, 1.165) is 30.5 Å². The van der Waals surface area contributed by atoms with Gasteiger partial charge in [-0.15, -0.1) is 0 Å². The van der Waals surface area contributed by atoms with Gasteiger partial charge in [0.05, 0.1) is 6.04 Å². The minimum Gasteiger partial charge on any atom is -0.445 e. The van der Waals surface area contributed by atoms with E-state index in [4.69, 9.17) is 4.74 Å². The maximum Gasteiger partial charge on any atom is 0.410 e. The Bertz CT molecular complexity index is 469. The van der Waals surface area contributed by atoms with Gasteiger partial charge in [-0.25, -0.2) is 4.79 Å². The van der Waals surface area contributed by atoms with Crippen LogP contribution in [0.4, 0.5) is 4.79 Å². The molecule has 1 aliphatic heterocycles. The highest BCUT2D eigenvalue weighted by Gasteiger charge is 2.31. The Balaban J connectivity index is 1.95. The van der Waals surface area contributed by atoms with Crippen molar-refractivity contribution in [3.8, 4) is 0 Å². The van der Waals surface area contributed by atoms with Crippen LogP contribution in [0.3, 0.4) is 0 Å². The third-order valence-electron chi connectivity index (χ3n) is 3.87. The lowest BCUT2D eigenvalue weighted by Gasteiger charge is -2.38. The molecule has 1 aliphatic rings. The molecule has 0 aromatic heterocycles. The van der Waals surface area contributed by atoms with Crippen LogP contribution in [0.2, 0.25) is 0 Å². The first kappa shape index (κ1) is 14.6. The molecule has 3 heteroatoms. The molecule has 0 bridgehead atoms. The van der Waals surface area contributed by atoms with Gasteiger partial charge < -0.3 is 9.64 Å². The zero-order valence-corrected chi connectivity index (χ0v) is 12.3. The van der Waals surface area contributed by atoms with Crippen molar-refractivity contribution >= 4 is 6.09 Å². The van der Waals surface area contributed by atoms with E-state index in [1.807, 2.05) is 42.2 Å². The number of likely N-dealkylation sites (tertiary alicyclic amines) is 1. The SMILES string of the molecule is C=C(C)[C@@H]1CC(C)CCN1C(=O)OCc1ccccc1. The van der Waals surface area contributed by atoms with Crippen LogP contribution in [0.1, 0.15) is 32.3 Å². The molecule has 1 aromatic rings. The number of benzene rings is 1. The van der Waals surface area contributed by atoms with E-state index in [1.54, 1.807) is 0 Å². The number of nitrogens with zero attached hydrogens (tertiary/aromatic N) is 1. The summed E-state index contributed by atoms with van der Waals surface area (Å²) in [7, 11) is 0.